The Hall–Kier alpha value is -0.630. The number of ketones is 1. The van der Waals surface area contributed by atoms with Crippen LogP contribution in [0.25, 0.3) is 0 Å². The first-order chi connectivity index (χ1) is 10.9. The minimum atomic E-state index is -0.122. The van der Waals surface area contributed by atoms with E-state index in [1.165, 1.54) is 12.0 Å². The van der Waals surface area contributed by atoms with Crippen molar-refractivity contribution < 1.29 is 9.90 Å². The average Bonchev–Trinajstić information content (AvgIpc) is 2.86. The Morgan fingerprint density at radius 2 is 1.70 bits per heavy atom. The summed E-state index contributed by atoms with van der Waals surface area (Å²) in [5, 5.41) is 10.00. The van der Waals surface area contributed by atoms with E-state index in [0.717, 1.165) is 50.9 Å². The number of rotatable bonds is 0. The number of aliphatic hydroxyl groups excluding tert-OH is 1. The number of aliphatic hydroxyl groups is 1. The van der Waals surface area contributed by atoms with Crippen molar-refractivity contribution in [1.82, 2.24) is 0 Å². The lowest BCUT2D eigenvalue weighted by molar-refractivity contribution is -0.132. The normalized spacial score (nSPS) is 48.4. The third kappa shape index (κ3) is 2.44. The molecule has 0 aromatic rings. The summed E-state index contributed by atoms with van der Waals surface area (Å²) < 4.78 is 0. The number of hydrogen-bond donors (Lipinski definition) is 1. The SMILES string of the molecule is CC.CC12CCC3C(CC=C4C[C@@H](O)CCC43C)C1CCC2=O. The van der Waals surface area contributed by atoms with Crippen molar-refractivity contribution in [3.05, 3.63) is 11.6 Å². The van der Waals surface area contributed by atoms with Gasteiger partial charge in [0.25, 0.3) is 0 Å². The molecule has 3 fully saturated rings. The van der Waals surface area contributed by atoms with Gasteiger partial charge in [-0.05, 0) is 68.1 Å². The van der Waals surface area contributed by atoms with Gasteiger partial charge in [0.2, 0.25) is 0 Å². The van der Waals surface area contributed by atoms with Crippen molar-refractivity contribution in [2.24, 2.45) is 28.6 Å². The van der Waals surface area contributed by atoms with E-state index in [2.05, 4.69) is 19.9 Å². The molecule has 0 aromatic heterocycles. The van der Waals surface area contributed by atoms with Gasteiger partial charge in [-0.2, -0.15) is 0 Å². The fraction of sp³-hybridized carbons (Fsp3) is 0.857. The van der Waals surface area contributed by atoms with Crippen LogP contribution in [0.1, 0.15) is 79.1 Å². The van der Waals surface area contributed by atoms with Crippen LogP contribution in [-0.2, 0) is 4.79 Å². The minimum absolute atomic E-state index is 0.0168. The molecule has 4 aliphatic carbocycles. The van der Waals surface area contributed by atoms with Crippen molar-refractivity contribution in [2.75, 3.05) is 0 Å². The van der Waals surface area contributed by atoms with E-state index < -0.39 is 0 Å². The van der Waals surface area contributed by atoms with E-state index in [1.807, 2.05) is 13.8 Å². The van der Waals surface area contributed by atoms with Gasteiger partial charge in [-0.1, -0.05) is 39.3 Å². The number of allylic oxidation sites excluding steroid dienone is 1. The van der Waals surface area contributed by atoms with E-state index in [0.29, 0.717) is 23.0 Å². The molecule has 2 heteroatoms. The van der Waals surface area contributed by atoms with Crippen LogP contribution in [-0.4, -0.2) is 17.0 Å². The summed E-state index contributed by atoms with van der Waals surface area (Å²) in [5.74, 6) is 2.60. The third-order valence-corrected chi connectivity index (χ3v) is 7.79. The number of fused-ring (bicyclic) bond motifs is 5. The zero-order valence-corrected chi connectivity index (χ0v) is 15.4. The van der Waals surface area contributed by atoms with Gasteiger partial charge >= 0.3 is 0 Å². The molecule has 4 rings (SSSR count). The highest BCUT2D eigenvalue weighted by atomic mass is 16.3. The molecule has 6 atom stereocenters. The van der Waals surface area contributed by atoms with Gasteiger partial charge in [-0.25, -0.2) is 0 Å². The zero-order chi connectivity index (χ0) is 16.8. The van der Waals surface area contributed by atoms with Gasteiger partial charge in [0, 0.05) is 11.8 Å². The molecule has 0 spiro atoms. The van der Waals surface area contributed by atoms with Crippen molar-refractivity contribution >= 4 is 5.78 Å². The van der Waals surface area contributed by atoms with E-state index >= 15 is 0 Å². The predicted octanol–water partition coefficient (Wildman–Crippen LogP) is 4.91. The maximum absolute atomic E-state index is 12.4. The lowest BCUT2D eigenvalue weighted by atomic mass is 9.48. The molecule has 2 nitrogen and oxygen atoms in total. The quantitative estimate of drug-likeness (QED) is 0.645. The molecule has 0 aliphatic heterocycles. The Morgan fingerprint density at radius 3 is 2.43 bits per heavy atom. The Bertz CT molecular complexity index is 508. The van der Waals surface area contributed by atoms with Crippen LogP contribution in [0.15, 0.2) is 11.6 Å². The van der Waals surface area contributed by atoms with Gasteiger partial charge < -0.3 is 5.11 Å². The topological polar surface area (TPSA) is 37.3 Å². The highest BCUT2D eigenvalue weighted by Gasteiger charge is 2.58. The highest BCUT2D eigenvalue weighted by Crippen LogP contribution is 2.63. The predicted molar refractivity (Wildman–Crippen MR) is 94.1 cm³/mol. The first kappa shape index (κ1) is 17.2. The maximum atomic E-state index is 12.4. The van der Waals surface area contributed by atoms with Crippen LogP contribution >= 0.6 is 0 Å². The van der Waals surface area contributed by atoms with Crippen molar-refractivity contribution in [1.29, 1.82) is 0 Å². The summed E-state index contributed by atoms with van der Waals surface area (Å²) in [7, 11) is 0. The highest BCUT2D eigenvalue weighted by molar-refractivity contribution is 5.87. The van der Waals surface area contributed by atoms with Crippen LogP contribution in [0.4, 0.5) is 0 Å². The zero-order valence-electron chi connectivity index (χ0n) is 15.4. The molecule has 0 aromatic carbocycles. The van der Waals surface area contributed by atoms with Crippen LogP contribution in [0.3, 0.4) is 0 Å². The first-order valence-electron chi connectivity index (χ1n) is 9.86. The Morgan fingerprint density at radius 1 is 1.04 bits per heavy atom. The van der Waals surface area contributed by atoms with Crippen LogP contribution in [0.5, 0.6) is 0 Å². The van der Waals surface area contributed by atoms with Crippen LogP contribution in [0, 0.1) is 28.6 Å². The summed E-state index contributed by atoms with van der Waals surface area (Å²) in [6, 6.07) is 0. The average molecular weight is 319 g/mol. The molecule has 1 N–H and O–H groups in total. The maximum Gasteiger partial charge on any atom is 0.139 e. The van der Waals surface area contributed by atoms with E-state index in [-0.39, 0.29) is 11.5 Å². The molecule has 5 unspecified atom stereocenters. The molecule has 0 radical (unpaired) electrons. The standard InChI is InChI=1S/C19H28O2.C2H6/c1-18-9-7-13(20)11-12(18)3-4-14-15-5-6-17(21)19(15,2)10-8-16(14)18;1-2/h3,13-16,20H,4-11H2,1-2H3;1-2H3/t13-,14?,15?,16?,18?,19?;/m0./s1. The summed E-state index contributed by atoms with van der Waals surface area (Å²) in [5.41, 5.74) is 1.81. The van der Waals surface area contributed by atoms with Gasteiger partial charge in [0.05, 0.1) is 6.10 Å². The summed E-state index contributed by atoms with van der Waals surface area (Å²) in [6.07, 6.45) is 10.7. The lowest BCUT2D eigenvalue weighted by Gasteiger charge is -2.56. The molecule has 0 heterocycles. The molecule has 0 saturated heterocycles. The fourth-order valence-corrected chi connectivity index (χ4v) is 6.41. The molecule has 0 amide bonds. The first-order valence-corrected chi connectivity index (χ1v) is 9.86. The Balaban J connectivity index is 0.000000753. The smallest absolute Gasteiger partial charge is 0.139 e. The molecule has 3 saturated carbocycles. The van der Waals surface area contributed by atoms with E-state index in [9.17, 15) is 9.90 Å². The van der Waals surface area contributed by atoms with Gasteiger partial charge in [-0.15, -0.1) is 0 Å². The molecule has 130 valence electrons. The fourth-order valence-electron chi connectivity index (χ4n) is 6.41. The summed E-state index contributed by atoms with van der Waals surface area (Å²) in [4.78, 5) is 12.4. The second-order valence-corrected chi connectivity index (χ2v) is 8.57. The molecule has 4 aliphatic rings. The van der Waals surface area contributed by atoms with Crippen molar-refractivity contribution in [3.8, 4) is 0 Å². The van der Waals surface area contributed by atoms with Gasteiger partial charge in [0.15, 0.2) is 0 Å². The molecular weight excluding hydrogens is 284 g/mol. The number of carbonyl (C=O) groups is 1. The summed E-state index contributed by atoms with van der Waals surface area (Å²) in [6.45, 7) is 8.69. The number of Topliss-reactive ketones (excluding diaryl/α,β-unsaturated/α-hetero) is 1. The van der Waals surface area contributed by atoms with Crippen molar-refractivity contribution in [3.63, 3.8) is 0 Å². The van der Waals surface area contributed by atoms with E-state index in [4.69, 9.17) is 0 Å². The minimum Gasteiger partial charge on any atom is -0.393 e. The van der Waals surface area contributed by atoms with Crippen molar-refractivity contribution in [2.45, 2.75) is 85.2 Å². The molecule has 0 bridgehead atoms. The van der Waals surface area contributed by atoms with Crippen LogP contribution in [0.2, 0.25) is 0 Å². The number of hydrogen-bond acceptors (Lipinski definition) is 2. The third-order valence-electron chi connectivity index (χ3n) is 7.79. The molecule has 23 heavy (non-hydrogen) atoms. The van der Waals surface area contributed by atoms with Gasteiger partial charge in [0.1, 0.15) is 5.78 Å². The monoisotopic (exact) mass is 318 g/mol. The van der Waals surface area contributed by atoms with Gasteiger partial charge in [-0.3, -0.25) is 4.79 Å². The second kappa shape index (κ2) is 6.02. The number of carbonyl (C=O) groups excluding carboxylic acids is 1. The molecular formula is C21H34O2. The van der Waals surface area contributed by atoms with Crippen LogP contribution < -0.4 is 0 Å². The van der Waals surface area contributed by atoms with E-state index in [1.54, 1.807) is 0 Å². The lowest BCUT2D eigenvalue weighted by Crippen LogP contribution is -2.50. The Labute approximate surface area is 141 Å². The second-order valence-electron chi connectivity index (χ2n) is 8.57. The Kier molecular flexibility index (Phi) is 4.50. The largest absolute Gasteiger partial charge is 0.393 e. The summed E-state index contributed by atoms with van der Waals surface area (Å²) >= 11 is 0.